The van der Waals surface area contributed by atoms with Crippen molar-refractivity contribution in [1.82, 2.24) is 10.2 Å². The Bertz CT molecular complexity index is 423. The highest BCUT2D eigenvalue weighted by molar-refractivity contribution is 5.73. The van der Waals surface area contributed by atoms with Crippen LogP contribution in [0, 0.1) is 11.3 Å². The van der Waals surface area contributed by atoms with E-state index in [0.717, 1.165) is 12.0 Å². The molecule has 4 heteroatoms. The Balaban J connectivity index is 2.58. The van der Waals surface area contributed by atoms with Crippen LogP contribution >= 0.6 is 0 Å². The van der Waals surface area contributed by atoms with E-state index in [1.807, 2.05) is 19.1 Å². The summed E-state index contributed by atoms with van der Waals surface area (Å²) < 4.78 is 0. The number of urea groups is 1. The van der Waals surface area contributed by atoms with Crippen molar-refractivity contribution in [2.24, 2.45) is 0 Å². The Morgan fingerprint density at radius 1 is 1.53 bits per heavy atom. The van der Waals surface area contributed by atoms with Crippen LogP contribution in [0.4, 0.5) is 4.79 Å². The second-order valence-corrected chi connectivity index (χ2v) is 3.90. The summed E-state index contributed by atoms with van der Waals surface area (Å²) in [6.07, 6.45) is 0.920. The quantitative estimate of drug-likeness (QED) is 0.862. The number of hydrogen-bond acceptors (Lipinski definition) is 2. The van der Waals surface area contributed by atoms with Gasteiger partial charge in [0.05, 0.1) is 11.6 Å². The molecule has 0 aliphatic carbocycles. The molecular weight excluding hydrogens is 214 g/mol. The number of nitrogens with one attached hydrogen (secondary N) is 1. The lowest BCUT2D eigenvalue weighted by molar-refractivity contribution is 0.207. The predicted molar refractivity (Wildman–Crippen MR) is 66.3 cm³/mol. The van der Waals surface area contributed by atoms with Gasteiger partial charge in [0.25, 0.3) is 0 Å². The molecule has 0 saturated heterocycles. The number of amides is 2. The van der Waals surface area contributed by atoms with Crippen LogP contribution in [0.25, 0.3) is 0 Å². The second-order valence-electron chi connectivity index (χ2n) is 3.90. The summed E-state index contributed by atoms with van der Waals surface area (Å²) in [5.41, 5.74) is 1.57. The monoisotopic (exact) mass is 231 g/mol. The van der Waals surface area contributed by atoms with E-state index in [2.05, 4.69) is 11.4 Å². The fourth-order valence-electron chi connectivity index (χ4n) is 1.45. The van der Waals surface area contributed by atoms with Crippen LogP contribution in [0.2, 0.25) is 0 Å². The van der Waals surface area contributed by atoms with Gasteiger partial charge in [0.1, 0.15) is 0 Å². The molecule has 0 heterocycles. The maximum atomic E-state index is 11.6. The minimum atomic E-state index is -0.0887. The van der Waals surface area contributed by atoms with Crippen LogP contribution in [0.15, 0.2) is 24.3 Å². The third kappa shape index (κ3) is 4.15. The third-order valence-corrected chi connectivity index (χ3v) is 2.35. The topological polar surface area (TPSA) is 56.1 Å². The van der Waals surface area contributed by atoms with Gasteiger partial charge >= 0.3 is 6.03 Å². The van der Waals surface area contributed by atoms with E-state index in [1.165, 1.54) is 0 Å². The maximum absolute atomic E-state index is 11.6. The van der Waals surface area contributed by atoms with E-state index >= 15 is 0 Å². The number of carbonyl (C=O) groups excluding carboxylic acids is 1. The van der Waals surface area contributed by atoms with Crippen molar-refractivity contribution in [1.29, 1.82) is 5.26 Å². The molecule has 0 bridgehead atoms. The van der Waals surface area contributed by atoms with Crippen molar-refractivity contribution in [3.63, 3.8) is 0 Å². The molecule has 0 fully saturated rings. The molecule has 0 unspecified atom stereocenters. The fourth-order valence-corrected chi connectivity index (χ4v) is 1.45. The molecule has 4 nitrogen and oxygen atoms in total. The molecule has 0 saturated carbocycles. The number of carbonyl (C=O) groups is 1. The van der Waals surface area contributed by atoms with Gasteiger partial charge in [-0.15, -0.1) is 0 Å². The average molecular weight is 231 g/mol. The molecule has 1 aromatic rings. The lowest BCUT2D eigenvalue weighted by Gasteiger charge is -2.17. The second kappa shape index (κ2) is 6.54. The zero-order chi connectivity index (χ0) is 12.7. The van der Waals surface area contributed by atoms with Gasteiger partial charge in [0.15, 0.2) is 0 Å². The molecule has 1 aromatic carbocycles. The Labute approximate surface area is 102 Å². The maximum Gasteiger partial charge on any atom is 0.317 e. The number of benzene rings is 1. The summed E-state index contributed by atoms with van der Waals surface area (Å²) in [7, 11) is 1.74. The normalized spacial score (nSPS) is 9.47. The zero-order valence-corrected chi connectivity index (χ0v) is 10.2. The lowest BCUT2D eigenvalue weighted by Crippen LogP contribution is -2.37. The Morgan fingerprint density at radius 3 is 2.94 bits per heavy atom. The molecule has 0 aromatic heterocycles. The first kappa shape index (κ1) is 13.0. The van der Waals surface area contributed by atoms with Crippen molar-refractivity contribution in [3.8, 4) is 6.07 Å². The van der Waals surface area contributed by atoms with Crippen LogP contribution in [0.3, 0.4) is 0 Å². The Hall–Kier alpha value is -2.02. The first-order valence-electron chi connectivity index (χ1n) is 5.65. The summed E-state index contributed by atoms with van der Waals surface area (Å²) >= 11 is 0. The fraction of sp³-hybridized carbons (Fsp3) is 0.385. The van der Waals surface area contributed by atoms with E-state index in [-0.39, 0.29) is 6.03 Å². The van der Waals surface area contributed by atoms with Crippen molar-refractivity contribution >= 4 is 6.03 Å². The Kier molecular flexibility index (Phi) is 5.02. The third-order valence-electron chi connectivity index (χ3n) is 2.35. The lowest BCUT2D eigenvalue weighted by atomic mass is 10.1. The summed E-state index contributed by atoms with van der Waals surface area (Å²) in [6.45, 7) is 3.20. The van der Waals surface area contributed by atoms with Crippen molar-refractivity contribution < 1.29 is 4.79 Å². The van der Waals surface area contributed by atoms with Crippen LogP contribution in [-0.4, -0.2) is 24.5 Å². The van der Waals surface area contributed by atoms with Crippen LogP contribution < -0.4 is 5.32 Å². The minimum Gasteiger partial charge on any atom is -0.338 e. The van der Waals surface area contributed by atoms with Gasteiger partial charge in [-0.2, -0.15) is 5.26 Å². The minimum absolute atomic E-state index is 0.0887. The molecular formula is C13H17N3O. The molecule has 90 valence electrons. The molecule has 1 rings (SSSR count). The Morgan fingerprint density at radius 2 is 2.29 bits per heavy atom. The van der Waals surface area contributed by atoms with Crippen LogP contribution in [0.1, 0.15) is 24.5 Å². The van der Waals surface area contributed by atoms with Gasteiger partial charge in [-0.1, -0.05) is 19.1 Å². The first-order valence-corrected chi connectivity index (χ1v) is 5.65. The van der Waals surface area contributed by atoms with Crippen molar-refractivity contribution in [2.75, 3.05) is 13.6 Å². The van der Waals surface area contributed by atoms with Crippen LogP contribution in [-0.2, 0) is 6.54 Å². The SMILES string of the molecule is CCCNC(=O)N(C)Cc1cccc(C#N)c1. The molecule has 0 atom stereocenters. The summed E-state index contributed by atoms with van der Waals surface area (Å²) in [5.74, 6) is 0. The molecule has 0 radical (unpaired) electrons. The highest BCUT2D eigenvalue weighted by Crippen LogP contribution is 2.06. The molecule has 0 aliphatic rings. The molecule has 17 heavy (non-hydrogen) atoms. The highest BCUT2D eigenvalue weighted by Gasteiger charge is 2.07. The average Bonchev–Trinajstić information content (AvgIpc) is 2.36. The van der Waals surface area contributed by atoms with E-state index < -0.39 is 0 Å². The van der Waals surface area contributed by atoms with Gasteiger partial charge in [-0.05, 0) is 24.1 Å². The number of nitriles is 1. The van der Waals surface area contributed by atoms with Gasteiger partial charge in [0.2, 0.25) is 0 Å². The zero-order valence-electron chi connectivity index (χ0n) is 10.2. The van der Waals surface area contributed by atoms with Crippen molar-refractivity contribution in [3.05, 3.63) is 35.4 Å². The smallest absolute Gasteiger partial charge is 0.317 e. The molecule has 1 N–H and O–H groups in total. The number of nitrogens with zero attached hydrogens (tertiary/aromatic N) is 2. The molecule has 0 aliphatic heterocycles. The summed E-state index contributed by atoms with van der Waals surface area (Å²) in [5, 5.41) is 11.6. The largest absolute Gasteiger partial charge is 0.338 e. The number of hydrogen-bond donors (Lipinski definition) is 1. The van der Waals surface area contributed by atoms with Gasteiger partial charge < -0.3 is 10.2 Å². The molecule has 0 spiro atoms. The highest BCUT2D eigenvalue weighted by atomic mass is 16.2. The summed E-state index contributed by atoms with van der Waals surface area (Å²) in [4.78, 5) is 13.2. The van der Waals surface area contributed by atoms with Crippen molar-refractivity contribution in [2.45, 2.75) is 19.9 Å². The van der Waals surface area contributed by atoms with Crippen LogP contribution in [0.5, 0.6) is 0 Å². The first-order chi connectivity index (χ1) is 8.17. The predicted octanol–water partition coefficient (Wildman–Crippen LogP) is 2.11. The van der Waals surface area contributed by atoms with E-state index in [0.29, 0.717) is 18.7 Å². The van der Waals surface area contributed by atoms with E-state index in [1.54, 1.807) is 24.1 Å². The van der Waals surface area contributed by atoms with E-state index in [9.17, 15) is 4.79 Å². The van der Waals surface area contributed by atoms with E-state index in [4.69, 9.17) is 5.26 Å². The van der Waals surface area contributed by atoms with Gasteiger partial charge in [0, 0.05) is 20.1 Å². The summed E-state index contributed by atoms with van der Waals surface area (Å²) in [6, 6.07) is 9.27. The molecule has 2 amide bonds. The van der Waals surface area contributed by atoms with Gasteiger partial charge in [-0.25, -0.2) is 4.79 Å². The standard InChI is InChI=1S/C13H17N3O/c1-3-7-15-13(17)16(2)10-12-6-4-5-11(8-12)9-14/h4-6,8H,3,7,10H2,1-2H3,(H,15,17). The number of rotatable bonds is 4. The van der Waals surface area contributed by atoms with Gasteiger partial charge in [-0.3, -0.25) is 0 Å².